The van der Waals surface area contributed by atoms with Crippen molar-refractivity contribution in [2.45, 2.75) is 83.2 Å². The molecule has 37 heteroatoms. The van der Waals surface area contributed by atoms with E-state index in [9.17, 15) is 75.1 Å². The van der Waals surface area contributed by atoms with Gasteiger partial charge in [0.2, 0.25) is 17.7 Å². The van der Waals surface area contributed by atoms with E-state index in [1.807, 2.05) is 0 Å². The van der Waals surface area contributed by atoms with E-state index in [-0.39, 0.29) is 91.3 Å². The fraction of sp³-hybridized carbons (Fsp3) is 0.198. The third-order valence-corrected chi connectivity index (χ3v) is 19.7. The van der Waals surface area contributed by atoms with Gasteiger partial charge in [-0.15, -0.1) is 0 Å². The molecule has 0 radical (unpaired) electrons. The van der Waals surface area contributed by atoms with E-state index in [2.05, 4.69) is 72.4 Å². The van der Waals surface area contributed by atoms with Crippen molar-refractivity contribution < 1.29 is 55.9 Å². The van der Waals surface area contributed by atoms with Crippen LogP contribution >= 0.6 is 23.2 Å². The quantitative estimate of drug-likeness (QED) is 0.0336. The normalized spacial score (nSPS) is 17.3. The number of nitrogen functional groups attached to an aromatic ring is 1. The number of anilines is 8. The number of hydrogen-bond acceptors (Lipinski definition) is 20. The molecule has 4 aromatic carbocycles. The number of carbonyl (C=O) groups is 8. The molecule has 6 aliphatic rings. The number of pyridine rings is 5. The number of aromatic nitrogens is 9. The van der Waals surface area contributed by atoms with E-state index in [1.54, 1.807) is 63.4 Å². The Balaban J connectivity index is 0.000000138. The molecule has 11 aromatic rings. The molecule has 0 bridgehead atoms. The maximum atomic E-state index is 13.9. The first kappa shape index (κ1) is 83.1. The molecular weight excluding hydrogens is 1580 g/mol. The van der Waals surface area contributed by atoms with Crippen LogP contribution in [0.25, 0.3) is 0 Å². The van der Waals surface area contributed by atoms with Gasteiger partial charge < -0.3 is 59.0 Å². The number of Topliss-reactive ketones (excluding diaryl/α,β-unsaturated/α-hetero) is 1. The molecule has 3 aliphatic heterocycles. The summed E-state index contributed by atoms with van der Waals surface area (Å²) >= 11 is 11.2. The zero-order valence-corrected chi connectivity index (χ0v) is 64.3. The second-order valence-electron chi connectivity index (χ2n) is 27.9. The molecular formula is C81H71Cl2F4N19O12. The number of nitrogens with zero attached hydrogens (tertiary/aromatic N) is 8. The Bertz CT molecular complexity index is 5920. The van der Waals surface area contributed by atoms with Crippen molar-refractivity contribution >= 4 is 116 Å². The number of fused-ring (bicyclic) bond motifs is 3. The van der Waals surface area contributed by atoms with Crippen molar-refractivity contribution in [3.63, 3.8) is 0 Å². The average molecular weight is 1650 g/mol. The highest BCUT2D eigenvalue weighted by Gasteiger charge is 2.45. The van der Waals surface area contributed by atoms with Crippen molar-refractivity contribution in [2.24, 2.45) is 23.5 Å². The van der Waals surface area contributed by atoms with Crippen molar-refractivity contribution in [3.8, 4) is 0 Å². The van der Waals surface area contributed by atoms with Gasteiger partial charge >= 0.3 is 0 Å². The molecule has 604 valence electrons. The van der Waals surface area contributed by atoms with E-state index in [0.717, 1.165) is 38.5 Å². The van der Waals surface area contributed by atoms with Gasteiger partial charge in [0.1, 0.15) is 126 Å². The van der Waals surface area contributed by atoms with E-state index < -0.39 is 80.3 Å². The third kappa shape index (κ3) is 19.2. The van der Waals surface area contributed by atoms with Crippen LogP contribution in [0, 0.1) is 41.0 Å². The van der Waals surface area contributed by atoms with Crippen LogP contribution in [0.2, 0.25) is 10.0 Å². The van der Waals surface area contributed by atoms with Crippen LogP contribution < -0.4 is 76.2 Å². The first-order chi connectivity index (χ1) is 56.2. The average Bonchev–Trinajstić information content (AvgIpc) is 1.57. The smallest absolute Gasteiger partial charge is 0.277 e. The maximum absolute atomic E-state index is 13.9. The van der Waals surface area contributed by atoms with Gasteiger partial charge in [-0.1, -0.05) is 71.7 Å². The number of hydrogen-bond donors (Lipinski definition) is 11. The topological polar surface area (TPSA) is 448 Å². The lowest BCUT2D eigenvalue weighted by atomic mass is 10.0. The molecule has 31 nitrogen and oxygen atoms in total. The lowest BCUT2D eigenvalue weighted by molar-refractivity contribution is -0.118. The van der Waals surface area contributed by atoms with Crippen LogP contribution in [0.15, 0.2) is 208 Å². The van der Waals surface area contributed by atoms with Crippen LogP contribution in [0.3, 0.4) is 0 Å². The highest BCUT2D eigenvalue weighted by atomic mass is 35.5. The summed E-state index contributed by atoms with van der Waals surface area (Å²) in [5, 5.41) is 22.3. The highest BCUT2D eigenvalue weighted by molar-refractivity contribution is 6.30. The number of primary amides is 1. The number of amides is 7. The molecule has 3 saturated carbocycles. The van der Waals surface area contributed by atoms with Gasteiger partial charge in [0, 0.05) is 70.1 Å². The standard InChI is InChI=1S/2C22H19FN6O3.C14H10ClFN2O2.C9H11N3O.C8H7FO.C6H5ClN2O2/c2*1-22(13-3-2-4-14(23)9-13)28-20(31)16-8-7-15(21(32)29(16)22)26-17-10-18(25-11-24-17)27-19(30)12-5-6-12;1-14(8-3-2-4-9(16)7-8)17-12(19)11-6-5-10(15)13(20)18(11)14;10-7-3-4-11-8(5-7)12-9(13)6-1-2-6;1-6(10)7-3-2-4-8(9)5-7;7-3-1-2-4(5(8)10)9-6(3)11/h2*2-4,7-12H,5-6H2,1H3,(H,28,31)(H2,24,25,26,27,30);2-7H,1H3,(H,17,19);3-6H,1-2H2,(H3,10,11,12,13);2-5H,1H3;1-2H,(H2,8,10)(H,9,11). The monoisotopic (exact) mass is 1650 g/mol. The molecule has 7 aromatic heterocycles. The number of benzene rings is 4. The second kappa shape index (κ2) is 34.8. The molecule has 3 unspecified atom stereocenters. The number of nitrogens with two attached hydrogens (primary N) is 2. The number of ketones is 1. The van der Waals surface area contributed by atoms with Crippen LogP contribution in [0.1, 0.15) is 135 Å². The molecule has 0 spiro atoms. The summed E-state index contributed by atoms with van der Waals surface area (Å²) < 4.78 is 57.4. The zero-order valence-electron chi connectivity index (χ0n) is 62.8. The van der Waals surface area contributed by atoms with Gasteiger partial charge in [-0.2, -0.15) is 0 Å². The Morgan fingerprint density at radius 3 is 1.16 bits per heavy atom. The van der Waals surface area contributed by atoms with Crippen molar-refractivity contribution in [1.29, 1.82) is 0 Å². The van der Waals surface area contributed by atoms with E-state index in [1.165, 1.54) is 167 Å². The molecule has 118 heavy (non-hydrogen) atoms. The van der Waals surface area contributed by atoms with Gasteiger partial charge in [0.15, 0.2) is 5.78 Å². The highest BCUT2D eigenvalue weighted by Crippen LogP contribution is 2.36. The SMILES string of the molecule is CC(=O)c1cccc(F)c1.CC1(c2cccc(F)c2)NC(=O)c2ccc(Cl)c(=O)n21.CC1(c2cccc(F)c2)NC(=O)c2ccc(Nc3cc(NC(=O)C4CC4)ncn3)c(=O)n21.CC1(c2cccc(F)c2)NC(=O)c2ccc(Nc3cc(NC(=O)C4CC4)ncn3)c(=O)n21.NC(=O)c1ccc(Cl)c(=O)[nH]1.Nc1ccnc(NC(=O)C2CC2)c1. The predicted octanol–water partition coefficient (Wildman–Crippen LogP) is 9.94. The molecule has 0 saturated heterocycles. The molecule has 3 aliphatic carbocycles. The van der Waals surface area contributed by atoms with Gasteiger partial charge in [-0.25, -0.2) is 42.5 Å². The number of carbonyl (C=O) groups excluding carboxylic acids is 8. The largest absolute Gasteiger partial charge is 0.399 e. The molecule has 10 heterocycles. The van der Waals surface area contributed by atoms with E-state index in [0.29, 0.717) is 57.0 Å². The summed E-state index contributed by atoms with van der Waals surface area (Å²) in [6, 6.07) is 40.8. The first-order valence-corrected chi connectivity index (χ1v) is 36.9. The Morgan fingerprint density at radius 1 is 0.441 bits per heavy atom. The lowest BCUT2D eigenvalue weighted by Gasteiger charge is -2.28. The van der Waals surface area contributed by atoms with Crippen LogP contribution in [0.4, 0.5) is 63.7 Å². The summed E-state index contributed by atoms with van der Waals surface area (Å²) in [5.41, 5.74) is 7.98. The fourth-order valence-corrected chi connectivity index (χ4v) is 12.7. The molecule has 13 N–H and O–H groups in total. The van der Waals surface area contributed by atoms with E-state index >= 15 is 0 Å². The van der Waals surface area contributed by atoms with Crippen molar-refractivity contribution in [3.05, 3.63) is 308 Å². The van der Waals surface area contributed by atoms with Crippen LogP contribution in [-0.2, 0) is 31.4 Å². The Morgan fingerprint density at radius 2 is 0.805 bits per heavy atom. The molecule has 3 fully saturated rings. The van der Waals surface area contributed by atoms with Crippen LogP contribution in [0.5, 0.6) is 0 Å². The second-order valence-corrected chi connectivity index (χ2v) is 28.7. The third-order valence-electron chi connectivity index (χ3n) is 19.1. The van der Waals surface area contributed by atoms with Crippen LogP contribution in [-0.4, -0.2) is 90.7 Å². The number of nitrogens with one attached hydrogen (secondary N) is 9. The van der Waals surface area contributed by atoms with Gasteiger partial charge in [0.05, 0.1) is 0 Å². The number of H-pyrrole nitrogens is 1. The minimum absolute atomic E-state index is 0.00729. The molecule has 3 atom stereocenters. The summed E-state index contributed by atoms with van der Waals surface area (Å²) in [6.07, 6.45) is 9.58. The maximum Gasteiger partial charge on any atom is 0.277 e. The lowest BCUT2D eigenvalue weighted by Crippen LogP contribution is -2.46. The Labute approximate surface area is 676 Å². The zero-order chi connectivity index (χ0) is 84.7. The Kier molecular flexibility index (Phi) is 24.5. The first-order valence-electron chi connectivity index (χ1n) is 36.2. The van der Waals surface area contributed by atoms with Gasteiger partial charge in [-0.05, 0) is 169 Å². The minimum atomic E-state index is -1.27. The number of rotatable bonds is 15. The summed E-state index contributed by atoms with van der Waals surface area (Å²) in [4.78, 5) is 166. The summed E-state index contributed by atoms with van der Waals surface area (Å²) in [6.45, 7) is 6.32. The van der Waals surface area contributed by atoms with Gasteiger partial charge in [0.25, 0.3) is 45.9 Å². The fourth-order valence-electron chi connectivity index (χ4n) is 12.5. The van der Waals surface area contributed by atoms with E-state index in [4.69, 9.17) is 34.7 Å². The Hall–Kier alpha value is -14.4. The predicted molar refractivity (Wildman–Crippen MR) is 427 cm³/mol. The molecule has 17 rings (SSSR count). The van der Waals surface area contributed by atoms with Gasteiger partial charge in [-0.3, -0.25) is 71.2 Å². The number of aromatic amines is 1. The minimum Gasteiger partial charge on any atom is -0.399 e. The van der Waals surface area contributed by atoms with Crippen molar-refractivity contribution in [2.75, 3.05) is 32.3 Å². The molecule has 7 amide bonds. The number of halogens is 6. The summed E-state index contributed by atoms with van der Waals surface area (Å²) in [7, 11) is 0. The summed E-state index contributed by atoms with van der Waals surface area (Å²) in [5.74, 6) is -1.94. The van der Waals surface area contributed by atoms with Crippen molar-refractivity contribution in [1.82, 2.24) is 59.6 Å².